The number of phenols is 1. The van der Waals surface area contributed by atoms with E-state index in [2.05, 4.69) is 23.5 Å². The van der Waals surface area contributed by atoms with Crippen molar-refractivity contribution in [2.24, 2.45) is 5.73 Å². The Bertz CT molecular complexity index is 942. The number of benzene rings is 1. The summed E-state index contributed by atoms with van der Waals surface area (Å²) in [7, 11) is 3.15. The molecule has 1 aromatic carbocycles. The first-order valence-corrected chi connectivity index (χ1v) is 11.0. The molecule has 0 saturated carbocycles. The molecule has 0 aliphatic carbocycles. The van der Waals surface area contributed by atoms with E-state index in [4.69, 9.17) is 26.1 Å². The number of nitrogens with two attached hydrogens (primary N) is 2. The number of nitrogen functional groups attached to an aromatic ring is 1. The van der Waals surface area contributed by atoms with Gasteiger partial charge < -0.3 is 36.3 Å². The van der Waals surface area contributed by atoms with Crippen molar-refractivity contribution in [3.63, 3.8) is 0 Å². The summed E-state index contributed by atoms with van der Waals surface area (Å²) in [5.41, 5.74) is 17.3. The quantitative estimate of drug-likeness (QED) is 0.344. The lowest BCUT2D eigenvalue weighted by molar-refractivity contribution is -0.104. The van der Waals surface area contributed by atoms with Gasteiger partial charge in [0.15, 0.2) is 0 Å². The van der Waals surface area contributed by atoms with Crippen LogP contribution in [0.4, 0.5) is 5.82 Å². The molecule has 2 aliphatic rings. The number of rotatable bonds is 5. The zero-order valence-electron chi connectivity index (χ0n) is 19.5. The van der Waals surface area contributed by atoms with Gasteiger partial charge in [0, 0.05) is 54.6 Å². The second kappa shape index (κ2) is 12.8. The number of aromatic hydroxyl groups is 1. The molecule has 1 aromatic heterocycles. The minimum atomic E-state index is 0.170. The molecular formula is C25H36N4O4. The molecule has 2 fully saturated rings. The summed E-state index contributed by atoms with van der Waals surface area (Å²) >= 11 is 0. The third kappa shape index (κ3) is 6.47. The van der Waals surface area contributed by atoms with Crippen LogP contribution in [0.5, 0.6) is 5.75 Å². The predicted octanol–water partition coefficient (Wildman–Crippen LogP) is 2.66. The van der Waals surface area contributed by atoms with Crippen molar-refractivity contribution in [1.29, 1.82) is 0 Å². The third-order valence-electron chi connectivity index (χ3n) is 5.89. The molecule has 2 saturated heterocycles. The molecular weight excluding hydrogens is 420 g/mol. The van der Waals surface area contributed by atoms with E-state index in [-0.39, 0.29) is 5.75 Å². The first-order chi connectivity index (χ1) is 16.0. The van der Waals surface area contributed by atoms with E-state index >= 15 is 0 Å². The number of aliphatic hydroxyl groups excluding tert-OH is 1. The molecule has 0 amide bonds. The average Bonchev–Trinajstić information content (AvgIpc) is 3.57. The fourth-order valence-corrected chi connectivity index (χ4v) is 4.37. The second-order valence-electron chi connectivity index (χ2n) is 8.08. The average molecular weight is 457 g/mol. The molecule has 2 aromatic rings. The van der Waals surface area contributed by atoms with Gasteiger partial charge in [0.2, 0.25) is 0 Å². The van der Waals surface area contributed by atoms with Crippen LogP contribution in [-0.4, -0.2) is 66.8 Å². The van der Waals surface area contributed by atoms with Gasteiger partial charge in [-0.25, -0.2) is 0 Å². The molecule has 3 heterocycles. The summed E-state index contributed by atoms with van der Waals surface area (Å²) in [5.74, 6) is 1.58. The number of hydrogen-bond acceptors (Lipinski definition) is 7. The summed E-state index contributed by atoms with van der Waals surface area (Å²) < 4.78 is 5.67. The van der Waals surface area contributed by atoms with Gasteiger partial charge in [0.1, 0.15) is 17.9 Å². The highest BCUT2D eigenvalue weighted by Crippen LogP contribution is 2.41. The van der Waals surface area contributed by atoms with Crippen LogP contribution in [0.15, 0.2) is 36.9 Å². The third-order valence-corrected chi connectivity index (χ3v) is 5.89. The number of anilines is 1. The lowest BCUT2D eigenvalue weighted by Gasteiger charge is -2.16. The number of carbonyl (C=O) groups is 1. The highest BCUT2D eigenvalue weighted by molar-refractivity contribution is 5.86. The Kier molecular flexibility index (Phi) is 10.2. The first kappa shape index (κ1) is 26.2. The Morgan fingerprint density at radius 1 is 1.27 bits per heavy atom. The smallest absolute Gasteiger partial charge is 0.142 e. The number of likely N-dealkylation sites (tertiary alicyclic amines) is 1. The fourth-order valence-electron chi connectivity index (χ4n) is 4.37. The number of phenolic OH excluding ortho intramolecular Hbond substituents is 1. The number of hydrogen-bond donors (Lipinski definition) is 5. The number of aldehydes is 1. The summed E-state index contributed by atoms with van der Waals surface area (Å²) in [6.07, 6.45) is 5.84. The Labute approximate surface area is 195 Å². The number of ether oxygens (including phenoxy) is 1. The first-order valence-electron chi connectivity index (χ1n) is 11.0. The number of H-pyrrole nitrogens is 1. The van der Waals surface area contributed by atoms with Crippen LogP contribution >= 0.6 is 0 Å². The number of nitrogens with zero attached hydrogens (tertiary/aromatic N) is 1. The highest BCUT2D eigenvalue weighted by atomic mass is 16.5. The minimum Gasteiger partial charge on any atom is -0.507 e. The lowest BCUT2D eigenvalue weighted by atomic mass is 9.88. The van der Waals surface area contributed by atoms with Crippen molar-refractivity contribution >= 4 is 23.9 Å². The minimum absolute atomic E-state index is 0.170. The van der Waals surface area contributed by atoms with Crippen LogP contribution in [0.2, 0.25) is 0 Å². The van der Waals surface area contributed by atoms with Crippen molar-refractivity contribution in [2.45, 2.75) is 24.7 Å². The fraction of sp³-hybridized carbons (Fsp3) is 0.400. The molecule has 33 heavy (non-hydrogen) atoms. The summed E-state index contributed by atoms with van der Waals surface area (Å²) in [5, 5.41) is 17.1. The van der Waals surface area contributed by atoms with E-state index in [1.165, 1.54) is 17.3 Å². The number of nitrogens with one attached hydrogen (secondary N) is 1. The largest absolute Gasteiger partial charge is 0.507 e. The van der Waals surface area contributed by atoms with Gasteiger partial charge in [-0.3, -0.25) is 4.79 Å². The van der Waals surface area contributed by atoms with E-state index in [1.54, 1.807) is 12.1 Å². The summed E-state index contributed by atoms with van der Waals surface area (Å²) in [6, 6.07) is 7.10. The van der Waals surface area contributed by atoms with Gasteiger partial charge in [-0.2, -0.15) is 0 Å². The van der Waals surface area contributed by atoms with Gasteiger partial charge >= 0.3 is 0 Å². The van der Waals surface area contributed by atoms with Crippen LogP contribution in [-0.2, 0) is 9.53 Å². The summed E-state index contributed by atoms with van der Waals surface area (Å²) in [6.45, 7) is 6.72. The monoisotopic (exact) mass is 456 g/mol. The Hall–Kier alpha value is -3.07. The topological polar surface area (TPSA) is 138 Å². The normalized spacial score (nSPS) is 20.4. The number of allylic oxidation sites excluding steroid dienone is 1. The van der Waals surface area contributed by atoms with E-state index in [1.807, 2.05) is 18.2 Å². The van der Waals surface area contributed by atoms with Gasteiger partial charge in [-0.05, 0) is 56.3 Å². The molecule has 2 aliphatic heterocycles. The highest BCUT2D eigenvalue weighted by Gasteiger charge is 2.32. The molecule has 8 heteroatoms. The van der Waals surface area contributed by atoms with Gasteiger partial charge in [-0.1, -0.05) is 18.7 Å². The molecule has 1 unspecified atom stereocenters. The maximum absolute atomic E-state index is 10.1. The molecule has 0 spiro atoms. The van der Waals surface area contributed by atoms with Gasteiger partial charge in [0.25, 0.3) is 0 Å². The van der Waals surface area contributed by atoms with E-state index in [0.717, 1.165) is 45.2 Å². The number of para-hydroxylation sites is 1. The molecule has 0 bridgehead atoms. The van der Waals surface area contributed by atoms with E-state index in [0.29, 0.717) is 41.8 Å². The Morgan fingerprint density at radius 2 is 1.97 bits per heavy atom. The van der Waals surface area contributed by atoms with Crippen molar-refractivity contribution in [2.75, 3.05) is 46.2 Å². The number of aromatic amines is 1. The van der Waals surface area contributed by atoms with Crippen LogP contribution in [0.1, 0.15) is 47.1 Å². The number of aliphatic hydroxyl groups is 1. The SMILES string of the molecule is C=CC=O.CN1CCC(c2[nH]c(N)c(/C=C(\N)c3ccccc3O)c2[C@@H]2CCOC2)C1.CO. The zero-order valence-corrected chi connectivity index (χ0v) is 19.5. The Balaban J connectivity index is 0.000000582. The maximum Gasteiger partial charge on any atom is 0.142 e. The van der Waals surface area contributed by atoms with Crippen LogP contribution in [0.3, 0.4) is 0 Å². The molecule has 8 nitrogen and oxygen atoms in total. The van der Waals surface area contributed by atoms with Crippen LogP contribution in [0, 0.1) is 0 Å². The van der Waals surface area contributed by atoms with Crippen molar-refractivity contribution in [1.82, 2.24) is 9.88 Å². The van der Waals surface area contributed by atoms with Crippen molar-refractivity contribution in [3.8, 4) is 5.75 Å². The zero-order chi connectivity index (χ0) is 24.4. The van der Waals surface area contributed by atoms with Crippen LogP contribution < -0.4 is 11.5 Å². The molecule has 7 N–H and O–H groups in total. The summed E-state index contributed by atoms with van der Waals surface area (Å²) in [4.78, 5) is 14.9. The maximum atomic E-state index is 10.1. The number of carbonyl (C=O) groups excluding carboxylic acids is 1. The number of aromatic nitrogens is 1. The van der Waals surface area contributed by atoms with Gasteiger partial charge in [0.05, 0.1) is 6.61 Å². The standard InChI is InChI=1S/C21H28N4O2.C3H4O.CH4O/c1-25-8-6-13(11-25)20-19(14-7-9-27-12-14)16(21(23)24-20)10-17(22)15-4-2-3-5-18(15)26;1-2-3-4;1-2/h2-5,10,13-14,24,26H,6-9,11-12,22-23H2,1H3;2-3H,1H2;2H,1H3/b17-10-;;/t13?,14-;;/m1../s1. The number of likely N-dealkylation sites (N-methyl/N-ethyl adjacent to an activating group) is 1. The van der Waals surface area contributed by atoms with Gasteiger partial charge in [-0.15, -0.1) is 0 Å². The second-order valence-corrected chi connectivity index (χ2v) is 8.08. The van der Waals surface area contributed by atoms with Crippen LogP contribution in [0.25, 0.3) is 11.8 Å². The van der Waals surface area contributed by atoms with Crippen molar-refractivity contribution in [3.05, 3.63) is 59.3 Å². The lowest BCUT2D eigenvalue weighted by Crippen LogP contribution is -2.14. The molecule has 0 radical (unpaired) electrons. The molecule has 4 rings (SSSR count). The van der Waals surface area contributed by atoms with E-state index < -0.39 is 0 Å². The van der Waals surface area contributed by atoms with E-state index in [9.17, 15) is 5.11 Å². The Morgan fingerprint density at radius 3 is 2.52 bits per heavy atom. The van der Waals surface area contributed by atoms with Crippen molar-refractivity contribution < 1.29 is 19.7 Å². The molecule has 2 atom stereocenters. The molecule has 180 valence electrons. The predicted molar refractivity (Wildman–Crippen MR) is 133 cm³/mol.